The number of rotatable bonds is 8. The van der Waals surface area contributed by atoms with Gasteiger partial charge >= 0.3 is 6.01 Å². The van der Waals surface area contributed by atoms with Crippen LogP contribution in [0.2, 0.25) is 0 Å². The van der Waals surface area contributed by atoms with Gasteiger partial charge in [0, 0.05) is 17.8 Å². The van der Waals surface area contributed by atoms with Crippen molar-refractivity contribution in [1.82, 2.24) is 20.0 Å². The molecule has 1 N–H and O–H groups in total. The predicted molar refractivity (Wildman–Crippen MR) is 103 cm³/mol. The molecule has 3 aromatic rings. The first-order valence-electron chi connectivity index (χ1n) is 9.11. The van der Waals surface area contributed by atoms with Gasteiger partial charge < -0.3 is 13.9 Å². The van der Waals surface area contributed by atoms with E-state index in [1.165, 1.54) is 0 Å². The zero-order chi connectivity index (χ0) is 20.1. The summed E-state index contributed by atoms with van der Waals surface area (Å²) >= 11 is 0. The zero-order valence-corrected chi connectivity index (χ0v) is 16.3. The van der Waals surface area contributed by atoms with E-state index in [2.05, 4.69) is 20.6 Å². The molecule has 1 aromatic carbocycles. The molecule has 1 amide bonds. The van der Waals surface area contributed by atoms with Gasteiger partial charge in [-0.05, 0) is 52.0 Å². The molecule has 0 spiro atoms. The Labute approximate surface area is 162 Å². The highest BCUT2D eigenvalue weighted by Crippen LogP contribution is 2.29. The Morgan fingerprint density at radius 3 is 2.61 bits per heavy atom. The number of carbonyl (C=O) groups is 1. The lowest BCUT2D eigenvalue weighted by Gasteiger charge is -2.11. The Hall–Kier alpha value is -3.36. The van der Waals surface area contributed by atoms with Gasteiger partial charge in [-0.1, -0.05) is 5.10 Å². The van der Waals surface area contributed by atoms with Crippen molar-refractivity contribution in [1.29, 1.82) is 0 Å². The Balaban J connectivity index is 1.77. The van der Waals surface area contributed by atoms with Gasteiger partial charge in [-0.15, -0.1) is 5.10 Å². The van der Waals surface area contributed by atoms with Crippen molar-refractivity contribution < 1.29 is 18.7 Å². The molecule has 0 saturated carbocycles. The Morgan fingerprint density at radius 2 is 1.89 bits per heavy atom. The molecule has 0 saturated heterocycles. The van der Waals surface area contributed by atoms with Gasteiger partial charge in [-0.25, -0.2) is 0 Å². The number of ether oxygens (including phenoxy) is 2. The van der Waals surface area contributed by atoms with Crippen LogP contribution >= 0.6 is 0 Å². The van der Waals surface area contributed by atoms with E-state index in [4.69, 9.17) is 13.9 Å². The lowest BCUT2D eigenvalue weighted by atomic mass is 10.2. The first kappa shape index (κ1) is 19.4. The molecule has 9 heteroatoms. The molecule has 3 rings (SSSR count). The van der Waals surface area contributed by atoms with Crippen LogP contribution in [0.3, 0.4) is 0 Å². The molecule has 2 heterocycles. The molecule has 2 aromatic heterocycles. The summed E-state index contributed by atoms with van der Waals surface area (Å²) in [4.78, 5) is 12.6. The minimum absolute atomic E-state index is 0.00310. The van der Waals surface area contributed by atoms with Crippen molar-refractivity contribution in [3.05, 3.63) is 36.0 Å². The topological polar surface area (TPSA) is 104 Å². The average Bonchev–Trinajstić information content (AvgIpc) is 3.32. The highest BCUT2D eigenvalue weighted by molar-refractivity contribution is 6.03. The van der Waals surface area contributed by atoms with E-state index in [9.17, 15) is 4.79 Å². The molecule has 0 radical (unpaired) electrons. The largest absolute Gasteiger partial charge is 0.490 e. The molecule has 9 nitrogen and oxygen atoms in total. The zero-order valence-electron chi connectivity index (χ0n) is 16.3. The second kappa shape index (κ2) is 8.55. The van der Waals surface area contributed by atoms with Gasteiger partial charge in [0.05, 0.1) is 13.2 Å². The van der Waals surface area contributed by atoms with Crippen LogP contribution in [0, 0.1) is 0 Å². The lowest BCUT2D eigenvalue weighted by Crippen LogP contribution is -2.12. The number of benzene rings is 1. The SMILES string of the molecule is CCOc1ccc(C(=O)Nc2nnc(-c3ccnn3C(C)C)o2)cc1OCC. The quantitative estimate of drug-likeness (QED) is 0.632. The number of hydrogen-bond acceptors (Lipinski definition) is 7. The maximum atomic E-state index is 12.6. The van der Waals surface area contributed by atoms with Crippen LogP contribution in [0.15, 0.2) is 34.9 Å². The van der Waals surface area contributed by atoms with Crippen LogP contribution in [0.25, 0.3) is 11.6 Å². The maximum Gasteiger partial charge on any atom is 0.322 e. The second-order valence-electron chi connectivity index (χ2n) is 6.15. The third-order valence-corrected chi connectivity index (χ3v) is 3.83. The fraction of sp³-hybridized carbons (Fsp3) is 0.368. The van der Waals surface area contributed by atoms with E-state index in [-0.39, 0.29) is 17.9 Å². The summed E-state index contributed by atoms with van der Waals surface area (Å²) in [6.45, 7) is 8.71. The average molecular weight is 385 g/mol. The van der Waals surface area contributed by atoms with Gasteiger partial charge in [0.1, 0.15) is 5.69 Å². The van der Waals surface area contributed by atoms with Crippen LogP contribution in [-0.2, 0) is 0 Å². The maximum absolute atomic E-state index is 12.6. The first-order chi connectivity index (χ1) is 13.5. The summed E-state index contributed by atoms with van der Waals surface area (Å²) in [5.74, 6) is 0.978. The van der Waals surface area contributed by atoms with Gasteiger partial charge in [-0.3, -0.25) is 14.8 Å². The smallest absolute Gasteiger partial charge is 0.322 e. The summed E-state index contributed by atoms with van der Waals surface area (Å²) < 4.78 is 18.4. The predicted octanol–water partition coefficient (Wildman–Crippen LogP) is 3.56. The third kappa shape index (κ3) is 4.13. The summed E-state index contributed by atoms with van der Waals surface area (Å²) in [5, 5.41) is 14.7. The van der Waals surface area contributed by atoms with E-state index in [1.807, 2.05) is 27.7 Å². The molecular formula is C19H23N5O4. The molecule has 28 heavy (non-hydrogen) atoms. The number of nitrogens with one attached hydrogen (secondary N) is 1. The summed E-state index contributed by atoms with van der Waals surface area (Å²) in [6.07, 6.45) is 1.66. The summed E-state index contributed by atoms with van der Waals surface area (Å²) in [7, 11) is 0. The van der Waals surface area contributed by atoms with Crippen LogP contribution in [0.1, 0.15) is 44.1 Å². The first-order valence-corrected chi connectivity index (χ1v) is 9.11. The monoisotopic (exact) mass is 385 g/mol. The number of hydrogen-bond donors (Lipinski definition) is 1. The number of nitrogens with zero attached hydrogens (tertiary/aromatic N) is 4. The molecule has 0 aliphatic carbocycles. The Morgan fingerprint density at radius 1 is 1.14 bits per heavy atom. The van der Waals surface area contributed by atoms with Crippen molar-refractivity contribution in [3.8, 4) is 23.1 Å². The van der Waals surface area contributed by atoms with Crippen LogP contribution in [0.4, 0.5) is 6.01 Å². The van der Waals surface area contributed by atoms with Crippen LogP contribution < -0.4 is 14.8 Å². The Kier molecular flexibility index (Phi) is 5.93. The van der Waals surface area contributed by atoms with Gasteiger partial charge in [0.25, 0.3) is 11.8 Å². The Bertz CT molecular complexity index is 947. The molecular weight excluding hydrogens is 362 g/mol. The highest BCUT2D eigenvalue weighted by Gasteiger charge is 2.18. The van der Waals surface area contributed by atoms with Crippen molar-refractivity contribution in [3.63, 3.8) is 0 Å². The lowest BCUT2D eigenvalue weighted by molar-refractivity contribution is 0.102. The van der Waals surface area contributed by atoms with Crippen molar-refractivity contribution in [2.24, 2.45) is 0 Å². The number of aromatic nitrogens is 4. The molecule has 0 aliphatic heterocycles. The van der Waals surface area contributed by atoms with Crippen molar-refractivity contribution >= 4 is 11.9 Å². The van der Waals surface area contributed by atoms with Crippen molar-refractivity contribution in [2.45, 2.75) is 33.7 Å². The van der Waals surface area contributed by atoms with E-state index >= 15 is 0 Å². The minimum atomic E-state index is -0.392. The fourth-order valence-electron chi connectivity index (χ4n) is 2.63. The third-order valence-electron chi connectivity index (χ3n) is 3.83. The molecule has 0 fully saturated rings. The van der Waals surface area contributed by atoms with Crippen molar-refractivity contribution in [2.75, 3.05) is 18.5 Å². The van der Waals surface area contributed by atoms with Gasteiger partial charge in [0.2, 0.25) is 0 Å². The van der Waals surface area contributed by atoms with Crippen LogP contribution in [0.5, 0.6) is 11.5 Å². The van der Waals surface area contributed by atoms with Gasteiger partial charge in [0.15, 0.2) is 11.5 Å². The number of carbonyl (C=O) groups excluding carboxylic acids is 1. The van der Waals surface area contributed by atoms with Crippen LogP contribution in [-0.4, -0.2) is 39.1 Å². The van der Waals surface area contributed by atoms with E-state index in [0.29, 0.717) is 36.0 Å². The summed E-state index contributed by atoms with van der Waals surface area (Å²) in [6, 6.07) is 6.88. The van der Waals surface area contributed by atoms with E-state index in [0.717, 1.165) is 0 Å². The highest BCUT2D eigenvalue weighted by atomic mass is 16.5. The molecule has 0 aliphatic rings. The number of amides is 1. The molecule has 148 valence electrons. The van der Waals surface area contributed by atoms with E-state index in [1.54, 1.807) is 35.1 Å². The van der Waals surface area contributed by atoms with Gasteiger partial charge in [-0.2, -0.15) is 5.10 Å². The normalized spacial score (nSPS) is 10.9. The minimum Gasteiger partial charge on any atom is -0.490 e. The number of anilines is 1. The fourth-order valence-corrected chi connectivity index (χ4v) is 2.63. The molecule has 0 unspecified atom stereocenters. The standard InChI is InChI=1S/C19H23N5O4/c1-5-26-15-8-7-13(11-16(15)27-6-2)17(25)21-19-23-22-18(28-19)14-9-10-20-24(14)12(3)4/h7-12H,5-6H2,1-4H3,(H,21,23,25). The van der Waals surface area contributed by atoms with E-state index < -0.39 is 5.91 Å². The second-order valence-corrected chi connectivity index (χ2v) is 6.15. The summed E-state index contributed by atoms with van der Waals surface area (Å²) in [5.41, 5.74) is 1.07. The molecule has 0 bridgehead atoms. The molecule has 0 atom stereocenters.